The van der Waals surface area contributed by atoms with Gasteiger partial charge in [-0.3, -0.25) is 13.9 Å². The van der Waals surface area contributed by atoms with Crippen molar-refractivity contribution in [2.45, 2.75) is 59.0 Å². The smallest absolute Gasteiger partial charge is 0.244 e. The van der Waals surface area contributed by atoms with Crippen molar-refractivity contribution in [2.24, 2.45) is 5.92 Å². The van der Waals surface area contributed by atoms with Crippen molar-refractivity contribution in [3.63, 3.8) is 0 Å². The minimum atomic E-state index is -3.88. The van der Waals surface area contributed by atoms with E-state index in [4.69, 9.17) is 23.2 Å². The van der Waals surface area contributed by atoms with E-state index < -0.39 is 28.5 Å². The summed E-state index contributed by atoms with van der Waals surface area (Å²) in [7, 11) is -3.88. The minimum Gasteiger partial charge on any atom is -0.354 e. The van der Waals surface area contributed by atoms with Crippen molar-refractivity contribution in [3.8, 4) is 0 Å². The molecule has 0 aliphatic heterocycles. The molecular formula is C33H41Cl2N3O4S. The first-order chi connectivity index (χ1) is 20.1. The minimum absolute atomic E-state index is 0.0928. The zero-order valence-electron chi connectivity index (χ0n) is 25.6. The van der Waals surface area contributed by atoms with E-state index in [9.17, 15) is 18.0 Å². The summed E-state index contributed by atoms with van der Waals surface area (Å²) in [4.78, 5) is 29.4. The third-order valence-electron chi connectivity index (χ3n) is 7.05. The van der Waals surface area contributed by atoms with Crippen molar-refractivity contribution in [2.75, 3.05) is 23.7 Å². The second kappa shape index (κ2) is 14.6. The molecule has 0 radical (unpaired) electrons. The van der Waals surface area contributed by atoms with E-state index in [-0.39, 0.29) is 30.2 Å². The predicted octanol–water partition coefficient (Wildman–Crippen LogP) is 6.47. The lowest BCUT2D eigenvalue weighted by atomic mass is 9.87. The molecule has 1 atom stereocenters. The third kappa shape index (κ3) is 9.71. The van der Waals surface area contributed by atoms with Crippen LogP contribution in [0.2, 0.25) is 10.0 Å². The fourth-order valence-electron chi connectivity index (χ4n) is 4.57. The molecule has 0 bridgehead atoms. The molecule has 0 unspecified atom stereocenters. The maximum Gasteiger partial charge on any atom is 0.244 e. The lowest BCUT2D eigenvalue weighted by Gasteiger charge is -2.34. The van der Waals surface area contributed by atoms with Gasteiger partial charge in [0.2, 0.25) is 21.8 Å². The van der Waals surface area contributed by atoms with Gasteiger partial charge in [-0.25, -0.2) is 8.42 Å². The van der Waals surface area contributed by atoms with Crippen LogP contribution >= 0.6 is 23.2 Å². The van der Waals surface area contributed by atoms with Gasteiger partial charge in [-0.15, -0.1) is 0 Å². The summed E-state index contributed by atoms with van der Waals surface area (Å²) < 4.78 is 27.2. The molecule has 0 saturated heterocycles. The molecule has 43 heavy (non-hydrogen) atoms. The van der Waals surface area contributed by atoms with Gasteiger partial charge < -0.3 is 10.2 Å². The van der Waals surface area contributed by atoms with Crippen molar-refractivity contribution >= 4 is 50.7 Å². The zero-order valence-corrected chi connectivity index (χ0v) is 27.9. The second-order valence-corrected chi connectivity index (χ2v) is 14.9. The topological polar surface area (TPSA) is 86.8 Å². The number of nitrogens with one attached hydrogen (secondary N) is 1. The number of sulfonamides is 1. The summed E-state index contributed by atoms with van der Waals surface area (Å²) in [6, 6.07) is 20.5. The number of nitrogens with zero attached hydrogens (tertiary/aromatic N) is 2. The van der Waals surface area contributed by atoms with Crippen LogP contribution in [-0.4, -0.2) is 50.5 Å². The molecule has 3 rings (SSSR count). The Bertz CT molecular complexity index is 1490. The fourth-order valence-corrected chi connectivity index (χ4v) is 5.94. The number of carbonyl (C=O) groups is 2. The van der Waals surface area contributed by atoms with Crippen molar-refractivity contribution in [3.05, 3.63) is 99.5 Å². The molecule has 1 N–H and O–H groups in total. The first-order valence-corrected chi connectivity index (χ1v) is 16.8. The SMILES string of the molecule is CC(C)CNC(=O)[C@H](Cc1ccccc1)N(Cc1c(Cl)cccc1Cl)C(=O)CN(c1ccc(C(C)(C)C)cc1)S(C)(=O)=O. The van der Waals surface area contributed by atoms with Crippen LogP contribution < -0.4 is 9.62 Å². The average molecular weight is 647 g/mol. The van der Waals surface area contributed by atoms with Gasteiger partial charge in [-0.1, -0.05) is 106 Å². The Morgan fingerprint density at radius 2 is 1.47 bits per heavy atom. The molecule has 0 saturated carbocycles. The Hall–Kier alpha value is -3.07. The van der Waals surface area contributed by atoms with Crippen LogP contribution in [0.5, 0.6) is 0 Å². The van der Waals surface area contributed by atoms with Crippen LogP contribution in [0.15, 0.2) is 72.8 Å². The van der Waals surface area contributed by atoms with Crippen LogP contribution in [0.3, 0.4) is 0 Å². The Morgan fingerprint density at radius 3 is 1.98 bits per heavy atom. The van der Waals surface area contributed by atoms with Gasteiger partial charge in [0.15, 0.2) is 0 Å². The summed E-state index contributed by atoms with van der Waals surface area (Å²) in [6.07, 6.45) is 1.27. The third-order valence-corrected chi connectivity index (χ3v) is 8.90. The van der Waals surface area contributed by atoms with Gasteiger partial charge >= 0.3 is 0 Å². The number of hydrogen-bond donors (Lipinski definition) is 1. The highest BCUT2D eigenvalue weighted by Crippen LogP contribution is 2.29. The summed E-state index contributed by atoms with van der Waals surface area (Å²) in [5.41, 5.74) is 2.55. The Balaban J connectivity index is 2.09. The van der Waals surface area contributed by atoms with Crippen LogP contribution in [0, 0.1) is 5.92 Å². The quantitative estimate of drug-likeness (QED) is 0.245. The molecule has 0 spiro atoms. The van der Waals surface area contributed by atoms with Crippen LogP contribution in [0.1, 0.15) is 51.3 Å². The van der Waals surface area contributed by atoms with Crippen molar-refractivity contribution in [1.82, 2.24) is 10.2 Å². The molecule has 2 amide bonds. The van der Waals surface area contributed by atoms with Crippen LogP contribution in [0.4, 0.5) is 5.69 Å². The number of rotatable bonds is 12. The van der Waals surface area contributed by atoms with E-state index in [1.807, 2.05) is 56.3 Å². The highest BCUT2D eigenvalue weighted by molar-refractivity contribution is 7.92. The van der Waals surface area contributed by atoms with Gasteiger partial charge in [0, 0.05) is 35.1 Å². The maximum atomic E-state index is 14.3. The summed E-state index contributed by atoms with van der Waals surface area (Å²) in [5.74, 6) is -0.739. The van der Waals surface area contributed by atoms with E-state index >= 15 is 0 Å². The largest absolute Gasteiger partial charge is 0.354 e. The summed E-state index contributed by atoms with van der Waals surface area (Å²) in [6.45, 7) is 9.96. The zero-order chi connectivity index (χ0) is 31.9. The number of carbonyl (C=O) groups excluding carboxylic acids is 2. The van der Waals surface area contributed by atoms with Crippen LogP contribution in [0.25, 0.3) is 0 Å². The van der Waals surface area contributed by atoms with Gasteiger partial charge in [0.25, 0.3) is 0 Å². The summed E-state index contributed by atoms with van der Waals surface area (Å²) >= 11 is 13.0. The Kier molecular flexibility index (Phi) is 11.7. The maximum absolute atomic E-state index is 14.3. The summed E-state index contributed by atoms with van der Waals surface area (Å²) in [5, 5.41) is 3.63. The normalized spacial score (nSPS) is 12.6. The molecule has 3 aromatic rings. The number of benzene rings is 3. The standard InChI is InChI=1S/C33H41Cl2N3O4S/c1-23(2)20-36-32(40)30(19-24-11-8-7-9-12-24)37(21-27-28(34)13-10-14-29(27)35)31(39)22-38(43(6,41)42)26-17-15-25(16-18-26)33(3,4)5/h7-18,23,30H,19-22H2,1-6H3,(H,36,40)/t30-/m0/s1. The molecule has 7 nitrogen and oxygen atoms in total. The van der Waals surface area contributed by atoms with Gasteiger partial charge in [0.1, 0.15) is 12.6 Å². The first-order valence-electron chi connectivity index (χ1n) is 14.2. The second-order valence-electron chi connectivity index (χ2n) is 12.1. The molecule has 0 fully saturated rings. The fraction of sp³-hybridized carbons (Fsp3) is 0.394. The molecule has 0 aliphatic rings. The van der Waals surface area contributed by atoms with E-state index in [2.05, 4.69) is 26.1 Å². The molecule has 232 valence electrons. The predicted molar refractivity (Wildman–Crippen MR) is 176 cm³/mol. The highest BCUT2D eigenvalue weighted by Gasteiger charge is 2.34. The monoisotopic (exact) mass is 645 g/mol. The molecular weight excluding hydrogens is 605 g/mol. The Morgan fingerprint density at radius 1 is 0.884 bits per heavy atom. The van der Waals surface area contributed by atoms with E-state index in [1.54, 1.807) is 30.3 Å². The van der Waals surface area contributed by atoms with Crippen molar-refractivity contribution in [1.29, 1.82) is 0 Å². The van der Waals surface area contributed by atoms with E-state index in [1.165, 1.54) is 4.90 Å². The van der Waals surface area contributed by atoms with Crippen LogP contribution in [-0.2, 0) is 38.0 Å². The van der Waals surface area contributed by atoms with Gasteiger partial charge in [0.05, 0.1) is 11.9 Å². The molecule has 0 aromatic heterocycles. The number of hydrogen-bond acceptors (Lipinski definition) is 4. The van der Waals surface area contributed by atoms with Crippen molar-refractivity contribution < 1.29 is 18.0 Å². The molecule has 0 heterocycles. The number of amides is 2. The van der Waals surface area contributed by atoms with E-state index in [0.717, 1.165) is 21.7 Å². The Labute approximate surface area is 266 Å². The van der Waals surface area contributed by atoms with Gasteiger partial charge in [-0.05, 0) is 46.7 Å². The van der Waals surface area contributed by atoms with Gasteiger partial charge in [-0.2, -0.15) is 0 Å². The number of halogens is 2. The lowest BCUT2D eigenvalue weighted by molar-refractivity contribution is -0.140. The molecule has 3 aromatic carbocycles. The van der Waals surface area contributed by atoms with E-state index in [0.29, 0.717) is 27.8 Å². The average Bonchev–Trinajstić information content (AvgIpc) is 2.93. The highest BCUT2D eigenvalue weighted by atomic mass is 35.5. The first kappa shape index (κ1) is 34.4. The molecule has 10 heteroatoms. The lowest BCUT2D eigenvalue weighted by Crippen LogP contribution is -2.53. The molecule has 0 aliphatic carbocycles. The number of anilines is 1.